The highest BCUT2D eigenvalue weighted by molar-refractivity contribution is 6.00. The molecule has 0 spiro atoms. The van der Waals surface area contributed by atoms with Crippen molar-refractivity contribution in [2.45, 2.75) is 31.7 Å². The Labute approximate surface area is 176 Å². The van der Waals surface area contributed by atoms with Crippen LogP contribution in [0.4, 0.5) is 5.69 Å². The summed E-state index contributed by atoms with van der Waals surface area (Å²) in [5, 5.41) is 10.6. The largest absolute Gasteiger partial charge is 0.493 e. The number of dihydropyridines is 1. The molecule has 2 aliphatic carbocycles. The van der Waals surface area contributed by atoms with E-state index in [2.05, 4.69) is 21.9 Å². The zero-order chi connectivity index (χ0) is 20.3. The van der Waals surface area contributed by atoms with E-state index in [4.69, 9.17) is 4.74 Å². The Balaban J connectivity index is 1.22. The van der Waals surface area contributed by atoms with Crippen LogP contribution in [0, 0.1) is 5.92 Å². The van der Waals surface area contributed by atoms with Crippen molar-refractivity contribution in [2.75, 3.05) is 18.5 Å². The lowest BCUT2D eigenvalue weighted by molar-refractivity contribution is -0.111. The smallest absolute Gasteiger partial charge is 0.248 e. The summed E-state index contributed by atoms with van der Waals surface area (Å²) in [6, 6.07) is 8.09. The van der Waals surface area contributed by atoms with Crippen molar-refractivity contribution in [3.05, 3.63) is 72.2 Å². The molecule has 3 aliphatic rings. The van der Waals surface area contributed by atoms with Crippen LogP contribution in [0.3, 0.4) is 0 Å². The molecular weight excluding hydrogens is 376 g/mol. The molecule has 1 aliphatic heterocycles. The van der Waals surface area contributed by atoms with Gasteiger partial charge in [-0.15, -0.1) is 0 Å². The van der Waals surface area contributed by atoms with Gasteiger partial charge < -0.3 is 15.4 Å². The van der Waals surface area contributed by atoms with E-state index in [-0.39, 0.29) is 5.91 Å². The molecule has 2 fully saturated rings. The van der Waals surface area contributed by atoms with Crippen LogP contribution in [0.1, 0.15) is 37.3 Å². The van der Waals surface area contributed by atoms with Gasteiger partial charge in [-0.2, -0.15) is 5.10 Å². The maximum Gasteiger partial charge on any atom is 0.248 e. The quantitative estimate of drug-likeness (QED) is 0.653. The summed E-state index contributed by atoms with van der Waals surface area (Å²) in [5.41, 5.74) is 4.00. The van der Waals surface area contributed by atoms with Crippen molar-refractivity contribution in [1.82, 2.24) is 15.1 Å². The summed E-state index contributed by atoms with van der Waals surface area (Å²) >= 11 is 0. The second-order valence-corrected chi connectivity index (χ2v) is 8.19. The monoisotopic (exact) mass is 402 g/mol. The van der Waals surface area contributed by atoms with Crippen LogP contribution in [0.5, 0.6) is 5.75 Å². The van der Waals surface area contributed by atoms with Gasteiger partial charge in [-0.25, -0.2) is 0 Å². The van der Waals surface area contributed by atoms with E-state index < -0.39 is 0 Å². The SMILES string of the molecule is O=C(/C=C/C1=C(c2cnn(C3CC3)c2)C=CNC1)Nc1ccc(OCC2CC2)cc1. The van der Waals surface area contributed by atoms with E-state index in [1.165, 1.54) is 25.7 Å². The summed E-state index contributed by atoms with van der Waals surface area (Å²) in [4.78, 5) is 12.4. The minimum atomic E-state index is -0.156. The molecule has 154 valence electrons. The second kappa shape index (κ2) is 8.22. The second-order valence-electron chi connectivity index (χ2n) is 8.19. The Kier molecular flexibility index (Phi) is 5.13. The van der Waals surface area contributed by atoms with Crippen molar-refractivity contribution in [2.24, 2.45) is 5.92 Å². The fraction of sp³-hybridized carbons (Fsp3) is 0.333. The molecule has 0 radical (unpaired) electrons. The van der Waals surface area contributed by atoms with Gasteiger partial charge in [0.25, 0.3) is 0 Å². The summed E-state index contributed by atoms with van der Waals surface area (Å²) < 4.78 is 7.78. The van der Waals surface area contributed by atoms with E-state index in [1.54, 1.807) is 6.08 Å². The van der Waals surface area contributed by atoms with Gasteiger partial charge in [0.05, 0.1) is 18.8 Å². The molecule has 0 unspecified atom stereocenters. The third-order valence-electron chi connectivity index (χ3n) is 5.58. The number of anilines is 1. The zero-order valence-electron chi connectivity index (χ0n) is 16.9. The number of aromatic nitrogens is 2. The number of hydrogen-bond acceptors (Lipinski definition) is 4. The predicted octanol–water partition coefficient (Wildman–Crippen LogP) is 4.07. The number of allylic oxidation sites excluding steroid dienone is 2. The average molecular weight is 402 g/mol. The van der Waals surface area contributed by atoms with Gasteiger partial charge in [0, 0.05) is 30.1 Å². The maximum atomic E-state index is 12.4. The van der Waals surface area contributed by atoms with E-state index >= 15 is 0 Å². The highest BCUT2D eigenvalue weighted by Crippen LogP contribution is 2.35. The molecule has 0 saturated heterocycles. The molecule has 30 heavy (non-hydrogen) atoms. The Morgan fingerprint density at radius 1 is 1.23 bits per heavy atom. The van der Waals surface area contributed by atoms with Gasteiger partial charge in [-0.1, -0.05) is 6.08 Å². The lowest BCUT2D eigenvalue weighted by Gasteiger charge is -2.13. The molecule has 2 N–H and O–H groups in total. The lowest BCUT2D eigenvalue weighted by atomic mass is 10.00. The van der Waals surface area contributed by atoms with Crippen molar-refractivity contribution >= 4 is 17.2 Å². The van der Waals surface area contributed by atoms with E-state index in [9.17, 15) is 4.79 Å². The minimum absolute atomic E-state index is 0.156. The van der Waals surface area contributed by atoms with E-state index in [0.29, 0.717) is 12.6 Å². The van der Waals surface area contributed by atoms with Crippen LogP contribution in [-0.2, 0) is 4.79 Å². The van der Waals surface area contributed by atoms with Gasteiger partial charge in [0.2, 0.25) is 5.91 Å². The number of rotatable bonds is 8. The van der Waals surface area contributed by atoms with Crippen molar-refractivity contribution in [1.29, 1.82) is 0 Å². The summed E-state index contributed by atoms with van der Waals surface area (Å²) in [7, 11) is 0. The number of benzene rings is 1. The molecule has 6 heteroatoms. The summed E-state index contributed by atoms with van der Waals surface area (Å²) in [6.07, 6.45) is 16.4. The van der Waals surface area contributed by atoms with Gasteiger partial charge in [0.1, 0.15) is 5.75 Å². The third kappa shape index (κ3) is 4.64. The summed E-state index contributed by atoms with van der Waals surface area (Å²) in [6.45, 7) is 1.46. The Morgan fingerprint density at radius 2 is 2.07 bits per heavy atom. The number of carbonyl (C=O) groups excluding carboxylic acids is 1. The fourth-order valence-electron chi connectivity index (χ4n) is 3.45. The van der Waals surface area contributed by atoms with Crippen LogP contribution in [0.2, 0.25) is 0 Å². The van der Waals surface area contributed by atoms with E-state index in [1.807, 2.05) is 53.5 Å². The topological polar surface area (TPSA) is 68.2 Å². The van der Waals surface area contributed by atoms with Gasteiger partial charge in [0.15, 0.2) is 0 Å². The van der Waals surface area contributed by atoms with Crippen LogP contribution in [0.15, 0.2) is 66.7 Å². The highest BCUT2D eigenvalue weighted by Gasteiger charge is 2.25. The maximum absolute atomic E-state index is 12.4. The number of nitrogens with one attached hydrogen (secondary N) is 2. The van der Waals surface area contributed by atoms with Crippen molar-refractivity contribution in [3.63, 3.8) is 0 Å². The first-order chi connectivity index (χ1) is 14.7. The van der Waals surface area contributed by atoms with E-state index in [0.717, 1.165) is 40.7 Å². The Hall–Kier alpha value is -3.28. The highest BCUT2D eigenvalue weighted by atomic mass is 16.5. The standard InChI is InChI=1S/C24H26N4O2/c29-24(27-20-4-8-22(9-5-20)30-16-17-1-2-17)10-3-18-13-25-12-11-23(18)19-14-26-28(15-19)21-6-7-21/h3-5,8-12,14-15,17,21,25H,1-2,6-7,13,16H2,(H,27,29)/b10-3+. The number of hydrogen-bond donors (Lipinski definition) is 2. The first kappa shape index (κ1) is 18.7. The molecule has 5 rings (SSSR count). The average Bonchev–Trinajstić information content (AvgIpc) is 3.71. The molecule has 1 amide bonds. The van der Waals surface area contributed by atoms with Gasteiger partial charge in [-0.3, -0.25) is 9.48 Å². The van der Waals surface area contributed by atoms with Crippen LogP contribution in [0.25, 0.3) is 5.57 Å². The van der Waals surface area contributed by atoms with Crippen LogP contribution < -0.4 is 15.4 Å². The predicted molar refractivity (Wildman–Crippen MR) is 117 cm³/mol. The molecule has 2 heterocycles. The third-order valence-corrected chi connectivity index (χ3v) is 5.58. The number of nitrogens with zero attached hydrogens (tertiary/aromatic N) is 2. The number of amides is 1. The number of carbonyl (C=O) groups is 1. The van der Waals surface area contributed by atoms with Gasteiger partial charge in [-0.05, 0) is 79.3 Å². The molecule has 2 saturated carbocycles. The van der Waals surface area contributed by atoms with Crippen LogP contribution >= 0.6 is 0 Å². The lowest BCUT2D eigenvalue weighted by Crippen LogP contribution is -2.15. The summed E-state index contributed by atoms with van der Waals surface area (Å²) in [5.74, 6) is 1.41. The molecule has 0 bridgehead atoms. The van der Waals surface area contributed by atoms with Crippen LogP contribution in [-0.4, -0.2) is 28.8 Å². The first-order valence-corrected chi connectivity index (χ1v) is 10.6. The Morgan fingerprint density at radius 3 is 2.83 bits per heavy atom. The molecule has 0 atom stereocenters. The van der Waals surface area contributed by atoms with Crippen molar-refractivity contribution < 1.29 is 9.53 Å². The minimum Gasteiger partial charge on any atom is -0.493 e. The van der Waals surface area contributed by atoms with Crippen molar-refractivity contribution in [3.8, 4) is 5.75 Å². The molecule has 1 aromatic heterocycles. The molecule has 6 nitrogen and oxygen atoms in total. The zero-order valence-corrected chi connectivity index (χ0v) is 16.9. The number of ether oxygens (including phenoxy) is 1. The molecule has 1 aromatic carbocycles. The fourth-order valence-corrected chi connectivity index (χ4v) is 3.45. The first-order valence-electron chi connectivity index (χ1n) is 10.6. The molecule has 2 aromatic rings. The molecular formula is C24H26N4O2. The van der Waals surface area contributed by atoms with Gasteiger partial charge >= 0.3 is 0 Å². The Bertz CT molecular complexity index is 1010. The normalized spacial score (nSPS) is 18.5.